The van der Waals surface area contributed by atoms with Crippen molar-refractivity contribution in [2.24, 2.45) is 11.7 Å². The summed E-state index contributed by atoms with van der Waals surface area (Å²) in [6.45, 7) is 0.492. The fraction of sp³-hybridized carbons (Fsp3) is 0.471. The van der Waals surface area contributed by atoms with Gasteiger partial charge in [0.1, 0.15) is 9.88 Å². The van der Waals surface area contributed by atoms with Crippen molar-refractivity contribution >= 4 is 17.2 Å². The zero-order valence-electron chi connectivity index (χ0n) is 13.1. The van der Waals surface area contributed by atoms with Crippen LogP contribution in [-0.2, 0) is 0 Å². The van der Waals surface area contributed by atoms with E-state index in [1.54, 1.807) is 18.6 Å². The number of rotatable bonds is 5. The molecule has 3 N–H and O–H groups in total. The highest BCUT2D eigenvalue weighted by molar-refractivity contribution is 7.16. The van der Waals surface area contributed by atoms with Crippen molar-refractivity contribution in [2.45, 2.75) is 38.1 Å². The van der Waals surface area contributed by atoms with Gasteiger partial charge in [-0.05, 0) is 30.9 Å². The Balaban J connectivity index is 1.67. The van der Waals surface area contributed by atoms with Crippen molar-refractivity contribution in [3.8, 4) is 10.6 Å². The zero-order chi connectivity index (χ0) is 16.1. The number of carbonyl (C=O) groups excluding carboxylic acids is 1. The first-order valence-electron chi connectivity index (χ1n) is 8.15. The van der Waals surface area contributed by atoms with Gasteiger partial charge in [-0.3, -0.25) is 9.78 Å². The van der Waals surface area contributed by atoms with Gasteiger partial charge in [-0.2, -0.15) is 0 Å². The van der Waals surface area contributed by atoms with E-state index >= 15 is 0 Å². The van der Waals surface area contributed by atoms with E-state index in [-0.39, 0.29) is 11.9 Å². The Labute approximate surface area is 140 Å². The van der Waals surface area contributed by atoms with Gasteiger partial charge in [0.25, 0.3) is 5.91 Å². The quantitative estimate of drug-likeness (QED) is 0.883. The minimum absolute atomic E-state index is 0.0641. The molecule has 1 fully saturated rings. The van der Waals surface area contributed by atoms with Crippen LogP contribution >= 0.6 is 11.3 Å². The summed E-state index contributed by atoms with van der Waals surface area (Å²) in [5, 5.41) is 3.94. The van der Waals surface area contributed by atoms with Gasteiger partial charge in [-0.15, -0.1) is 11.3 Å². The number of hydrogen-bond donors (Lipinski definition) is 2. The number of nitrogens with one attached hydrogen (secondary N) is 1. The van der Waals surface area contributed by atoms with Crippen LogP contribution in [0.3, 0.4) is 0 Å². The highest BCUT2D eigenvalue weighted by Gasteiger charge is 2.25. The Morgan fingerprint density at radius 2 is 2.04 bits per heavy atom. The molecule has 6 heteroatoms. The molecule has 1 saturated carbocycles. The van der Waals surface area contributed by atoms with Crippen LogP contribution in [0.5, 0.6) is 0 Å². The van der Waals surface area contributed by atoms with E-state index in [4.69, 9.17) is 5.73 Å². The maximum Gasteiger partial charge on any atom is 0.263 e. The Hall–Kier alpha value is -1.79. The van der Waals surface area contributed by atoms with E-state index in [9.17, 15) is 4.79 Å². The maximum atomic E-state index is 12.5. The lowest BCUT2D eigenvalue weighted by molar-refractivity contribution is 0.0919. The van der Waals surface area contributed by atoms with Gasteiger partial charge in [0.2, 0.25) is 0 Å². The van der Waals surface area contributed by atoms with Crippen LogP contribution < -0.4 is 11.1 Å². The Morgan fingerprint density at radius 3 is 2.74 bits per heavy atom. The van der Waals surface area contributed by atoms with Gasteiger partial charge in [0.05, 0.1) is 6.20 Å². The standard InChI is InChI=1S/C17H22N4OS/c18-10-14(12-4-2-1-3-5-12)21-16(22)15-11-20-17(23-15)13-6-8-19-9-7-13/h6-9,11-12,14H,1-5,10,18H2,(H,21,22)/t14-/m0/s1. The van der Waals surface area contributed by atoms with Crippen molar-refractivity contribution in [1.82, 2.24) is 15.3 Å². The molecule has 0 bridgehead atoms. The highest BCUT2D eigenvalue weighted by Crippen LogP contribution is 2.27. The first-order valence-corrected chi connectivity index (χ1v) is 8.96. The maximum absolute atomic E-state index is 12.5. The summed E-state index contributed by atoms with van der Waals surface area (Å²) in [6, 6.07) is 3.85. The third-order valence-corrected chi connectivity index (χ3v) is 5.49. The molecular weight excluding hydrogens is 308 g/mol. The molecule has 2 heterocycles. The summed E-state index contributed by atoms with van der Waals surface area (Å²) in [6.07, 6.45) is 11.2. The van der Waals surface area contributed by atoms with Crippen molar-refractivity contribution in [2.75, 3.05) is 6.54 Å². The summed E-state index contributed by atoms with van der Waals surface area (Å²) in [5.74, 6) is 0.439. The average molecular weight is 330 g/mol. The number of carbonyl (C=O) groups is 1. The van der Waals surface area contributed by atoms with Crippen LogP contribution in [0.15, 0.2) is 30.7 Å². The van der Waals surface area contributed by atoms with Crippen LogP contribution in [0.25, 0.3) is 10.6 Å². The minimum Gasteiger partial charge on any atom is -0.347 e. The van der Waals surface area contributed by atoms with Crippen molar-refractivity contribution in [3.63, 3.8) is 0 Å². The molecule has 0 aliphatic heterocycles. The second-order valence-corrected chi connectivity index (χ2v) is 7.01. The number of amides is 1. The Morgan fingerprint density at radius 1 is 1.30 bits per heavy atom. The van der Waals surface area contributed by atoms with Gasteiger partial charge >= 0.3 is 0 Å². The third-order valence-electron chi connectivity index (χ3n) is 4.45. The van der Waals surface area contributed by atoms with Gasteiger partial charge in [0, 0.05) is 30.5 Å². The number of thiazole rings is 1. The second kappa shape index (κ2) is 7.66. The number of hydrogen-bond acceptors (Lipinski definition) is 5. The van der Waals surface area contributed by atoms with Crippen molar-refractivity contribution < 1.29 is 4.79 Å². The summed E-state index contributed by atoms with van der Waals surface area (Å²) in [7, 11) is 0. The summed E-state index contributed by atoms with van der Waals surface area (Å²) < 4.78 is 0. The molecule has 2 aromatic heterocycles. The minimum atomic E-state index is -0.0659. The average Bonchev–Trinajstić information content (AvgIpc) is 3.11. The van der Waals surface area contributed by atoms with Gasteiger partial charge in [-0.25, -0.2) is 4.98 Å². The van der Waals surface area contributed by atoms with Crippen LogP contribution in [0.4, 0.5) is 0 Å². The van der Waals surface area contributed by atoms with Crippen LogP contribution in [-0.4, -0.2) is 28.5 Å². The van der Waals surface area contributed by atoms with Crippen LogP contribution in [0.2, 0.25) is 0 Å². The molecule has 1 aliphatic rings. The number of nitrogens with zero attached hydrogens (tertiary/aromatic N) is 2. The predicted molar refractivity (Wildman–Crippen MR) is 92.2 cm³/mol. The second-order valence-electron chi connectivity index (χ2n) is 5.98. The van der Waals surface area contributed by atoms with E-state index in [1.807, 2.05) is 12.1 Å². The van der Waals surface area contributed by atoms with Crippen LogP contribution in [0.1, 0.15) is 41.8 Å². The van der Waals surface area contributed by atoms with Crippen LogP contribution in [0, 0.1) is 5.92 Å². The van der Waals surface area contributed by atoms with Gasteiger partial charge in [0.15, 0.2) is 0 Å². The predicted octanol–water partition coefficient (Wildman–Crippen LogP) is 2.84. The third kappa shape index (κ3) is 3.95. The lowest BCUT2D eigenvalue weighted by Crippen LogP contribution is -2.45. The molecule has 122 valence electrons. The Bertz CT molecular complexity index is 637. The Kier molecular flexibility index (Phi) is 5.35. The molecule has 1 aliphatic carbocycles. The number of aromatic nitrogens is 2. The summed E-state index contributed by atoms with van der Waals surface area (Å²) >= 11 is 1.40. The summed E-state index contributed by atoms with van der Waals surface area (Å²) in [4.78, 5) is 21.5. The fourth-order valence-electron chi connectivity index (χ4n) is 3.15. The first kappa shape index (κ1) is 16.1. The van der Waals surface area contributed by atoms with E-state index in [0.29, 0.717) is 17.3 Å². The molecule has 23 heavy (non-hydrogen) atoms. The lowest BCUT2D eigenvalue weighted by atomic mass is 9.84. The first-order chi connectivity index (χ1) is 11.3. The van der Waals surface area contributed by atoms with E-state index in [1.165, 1.54) is 30.6 Å². The number of nitrogens with two attached hydrogens (primary N) is 1. The van der Waals surface area contributed by atoms with Gasteiger partial charge < -0.3 is 11.1 Å². The molecule has 0 radical (unpaired) electrons. The smallest absolute Gasteiger partial charge is 0.263 e. The summed E-state index contributed by atoms with van der Waals surface area (Å²) in [5.41, 5.74) is 6.87. The normalized spacial score (nSPS) is 16.9. The van der Waals surface area contributed by atoms with E-state index in [0.717, 1.165) is 23.4 Å². The monoisotopic (exact) mass is 330 g/mol. The van der Waals surface area contributed by atoms with Crippen molar-refractivity contribution in [1.29, 1.82) is 0 Å². The molecule has 0 unspecified atom stereocenters. The molecule has 0 saturated heterocycles. The fourth-order valence-corrected chi connectivity index (χ4v) is 3.98. The van der Waals surface area contributed by atoms with E-state index in [2.05, 4.69) is 15.3 Å². The molecule has 0 spiro atoms. The van der Waals surface area contributed by atoms with Gasteiger partial charge in [-0.1, -0.05) is 19.3 Å². The zero-order valence-corrected chi connectivity index (χ0v) is 13.9. The van der Waals surface area contributed by atoms with Crippen molar-refractivity contribution in [3.05, 3.63) is 35.6 Å². The number of pyridine rings is 1. The highest BCUT2D eigenvalue weighted by atomic mass is 32.1. The molecule has 2 aromatic rings. The molecule has 1 amide bonds. The van der Waals surface area contributed by atoms with E-state index < -0.39 is 0 Å². The largest absolute Gasteiger partial charge is 0.347 e. The molecule has 5 nitrogen and oxygen atoms in total. The molecular formula is C17H22N4OS. The molecule has 0 aromatic carbocycles. The lowest BCUT2D eigenvalue weighted by Gasteiger charge is -2.29. The molecule has 3 rings (SSSR count). The molecule has 1 atom stereocenters. The topological polar surface area (TPSA) is 80.9 Å². The SMILES string of the molecule is NC[C@H](NC(=O)c1cnc(-c2ccncc2)s1)C1CCCCC1.